The average molecular weight is 593 g/mol. The second kappa shape index (κ2) is 13.8. The first-order valence-corrected chi connectivity index (χ1v) is 14.6. The van der Waals surface area contributed by atoms with E-state index in [0.717, 1.165) is 87.7 Å². The molecule has 35 heavy (non-hydrogen) atoms. The Morgan fingerprint density at radius 1 is 0.743 bits per heavy atom. The molecule has 0 amide bonds. The Labute approximate surface area is 224 Å². The van der Waals surface area contributed by atoms with Gasteiger partial charge in [-0.25, -0.2) is 0 Å². The maximum atomic E-state index is 6.00. The molecular formula is C28H41IN4O2. The fourth-order valence-electron chi connectivity index (χ4n) is 4.87. The molecule has 2 fully saturated rings. The molecule has 6 rings (SSSR count). The van der Waals surface area contributed by atoms with E-state index in [9.17, 15) is 0 Å². The smallest absolute Gasteiger partial charge is 0.123 e. The minimum absolute atomic E-state index is 0.352. The van der Waals surface area contributed by atoms with Gasteiger partial charge in [-0.1, -0.05) is 58.0 Å². The zero-order valence-electron chi connectivity index (χ0n) is 21.2. The van der Waals surface area contributed by atoms with Crippen LogP contribution in [0.2, 0.25) is 0 Å². The molecule has 0 radical (unpaired) electrons. The number of halogens is 1. The molecule has 0 spiro atoms. The van der Waals surface area contributed by atoms with Crippen molar-refractivity contribution >= 4 is 22.6 Å². The van der Waals surface area contributed by atoms with Crippen LogP contribution >= 0.6 is 22.6 Å². The highest BCUT2D eigenvalue weighted by molar-refractivity contribution is 14.1. The molecule has 2 unspecified atom stereocenters. The predicted molar refractivity (Wildman–Crippen MR) is 153 cm³/mol. The normalized spacial score (nSPS) is 22.9. The highest BCUT2D eigenvalue weighted by Crippen LogP contribution is 2.30. The van der Waals surface area contributed by atoms with E-state index in [1.54, 1.807) is 0 Å². The SMILES string of the molecule is C1CNCCN1.Cc1ccc2c(c1)CC(CI)O2.Cc1ccc2c(c1)CC(CN1CCNCC1)O2. The summed E-state index contributed by atoms with van der Waals surface area (Å²) in [5.74, 6) is 2.18. The van der Waals surface area contributed by atoms with Gasteiger partial charge in [-0.3, -0.25) is 4.90 Å². The van der Waals surface area contributed by atoms with Crippen LogP contribution in [0.15, 0.2) is 36.4 Å². The lowest BCUT2D eigenvalue weighted by Crippen LogP contribution is -2.47. The Bertz CT molecular complexity index is 920. The topological polar surface area (TPSA) is 57.8 Å². The summed E-state index contributed by atoms with van der Waals surface area (Å²) in [5.41, 5.74) is 5.41. The fourth-order valence-corrected chi connectivity index (χ4v) is 5.36. The molecule has 0 aliphatic carbocycles. The number of fused-ring (bicyclic) bond motifs is 2. The van der Waals surface area contributed by atoms with Gasteiger partial charge in [0.15, 0.2) is 0 Å². The van der Waals surface area contributed by atoms with Crippen LogP contribution in [0.5, 0.6) is 11.5 Å². The summed E-state index contributed by atoms with van der Waals surface area (Å²) >= 11 is 2.37. The van der Waals surface area contributed by atoms with Crippen molar-refractivity contribution < 1.29 is 9.47 Å². The molecule has 4 aliphatic rings. The number of hydrogen-bond acceptors (Lipinski definition) is 6. The van der Waals surface area contributed by atoms with Gasteiger partial charge in [0.2, 0.25) is 0 Å². The van der Waals surface area contributed by atoms with E-state index >= 15 is 0 Å². The van der Waals surface area contributed by atoms with Gasteiger partial charge in [0.1, 0.15) is 23.7 Å². The molecule has 0 bridgehead atoms. The van der Waals surface area contributed by atoms with E-state index < -0.39 is 0 Å². The third kappa shape index (κ3) is 8.32. The number of piperazine rings is 2. The summed E-state index contributed by atoms with van der Waals surface area (Å²) in [6.07, 6.45) is 2.91. The number of aryl methyl sites for hydroxylation is 2. The van der Waals surface area contributed by atoms with E-state index in [1.165, 1.54) is 22.3 Å². The standard InChI is InChI=1S/C14H20N2O.C10H11IO.C4H10N2/c1-11-2-3-14-12(8-11)9-13(17-14)10-16-6-4-15-5-7-16;1-7-2-3-10-8(4-7)5-9(6-11)12-10;1-2-6-4-3-5-1/h2-3,8,13,15H,4-7,9-10H2,1H3;2-4,9H,5-6H2,1H3;5-6H,1-4H2. The molecule has 2 aromatic carbocycles. The van der Waals surface area contributed by atoms with Crippen LogP contribution in [-0.2, 0) is 12.8 Å². The van der Waals surface area contributed by atoms with Gasteiger partial charge in [-0.05, 0) is 37.1 Å². The Morgan fingerprint density at radius 2 is 1.23 bits per heavy atom. The van der Waals surface area contributed by atoms with E-state index in [4.69, 9.17) is 9.47 Å². The van der Waals surface area contributed by atoms with E-state index in [1.807, 2.05) is 0 Å². The van der Waals surface area contributed by atoms with Gasteiger partial charge in [-0.2, -0.15) is 0 Å². The molecule has 4 heterocycles. The maximum absolute atomic E-state index is 6.00. The summed E-state index contributed by atoms with van der Waals surface area (Å²) in [6.45, 7) is 14.4. The molecule has 4 aliphatic heterocycles. The third-order valence-electron chi connectivity index (χ3n) is 6.72. The van der Waals surface area contributed by atoms with Crippen molar-refractivity contribution in [2.45, 2.75) is 38.9 Å². The van der Waals surface area contributed by atoms with Crippen LogP contribution in [-0.4, -0.2) is 80.4 Å². The van der Waals surface area contributed by atoms with Crippen molar-refractivity contribution in [3.05, 3.63) is 58.7 Å². The minimum Gasteiger partial charge on any atom is -0.489 e. The first-order valence-electron chi connectivity index (χ1n) is 13.0. The highest BCUT2D eigenvalue weighted by atomic mass is 127. The summed E-state index contributed by atoms with van der Waals surface area (Å²) in [7, 11) is 0. The zero-order valence-corrected chi connectivity index (χ0v) is 23.4. The minimum atomic E-state index is 0.352. The number of alkyl halides is 1. The molecule has 2 atom stereocenters. The first-order chi connectivity index (χ1) is 17.1. The summed E-state index contributed by atoms with van der Waals surface area (Å²) < 4.78 is 12.8. The summed E-state index contributed by atoms with van der Waals surface area (Å²) in [5, 5.41) is 9.83. The molecule has 2 saturated heterocycles. The fraction of sp³-hybridized carbons (Fsp3) is 0.571. The Morgan fingerprint density at radius 3 is 1.74 bits per heavy atom. The maximum Gasteiger partial charge on any atom is 0.123 e. The quantitative estimate of drug-likeness (QED) is 0.377. The number of nitrogens with one attached hydrogen (secondary N) is 3. The third-order valence-corrected chi connectivity index (χ3v) is 7.70. The summed E-state index contributed by atoms with van der Waals surface area (Å²) in [6, 6.07) is 12.9. The lowest BCUT2D eigenvalue weighted by Gasteiger charge is -2.29. The van der Waals surface area contributed by atoms with E-state index in [0.29, 0.717) is 12.2 Å². The Kier molecular flexibility index (Phi) is 10.5. The molecule has 0 aromatic heterocycles. The Hall–Kier alpha value is -1.39. The number of hydrogen-bond donors (Lipinski definition) is 3. The van der Waals surface area contributed by atoms with Crippen LogP contribution in [0.1, 0.15) is 22.3 Å². The lowest BCUT2D eigenvalue weighted by atomic mass is 10.1. The van der Waals surface area contributed by atoms with Crippen molar-refractivity contribution in [2.75, 3.05) is 63.3 Å². The number of rotatable bonds is 3. The van der Waals surface area contributed by atoms with E-state index in [2.05, 4.69) is 93.7 Å². The zero-order chi connectivity index (χ0) is 24.5. The highest BCUT2D eigenvalue weighted by Gasteiger charge is 2.25. The molecule has 6 nitrogen and oxygen atoms in total. The van der Waals surface area contributed by atoms with Crippen molar-refractivity contribution in [2.24, 2.45) is 0 Å². The molecule has 192 valence electrons. The molecule has 3 N–H and O–H groups in total. The van der Waals surface area contributed by atoms with E-state index in [-0.39, 0.29) is 0 Å². The molecule has 2 aromatic rings. The number of ether oxygens (including phenoxy) is 2. The van der Waals surface area contributed by atoms with Crippen LogP contribution in [0, 0.1) is 13.8 Å². The molecule has 0 saturated carbocycles. The van der Waals surface area contributed by atoms with Gasteiger partial charge in [0.25, 0.3) is 0 Å². The van der Waals surface area contributed by atoms with Gasteiger partial charge in [-0.15, -0.1) is 0 Å². The molecular weight excluding hydrogens is 551 g/mol. The van der Waals surface area contributed by atoms with Gasteiger partial charge in [0.05, 0.1) is 0 Å². The van der Waals surface area contributed by atoms with Crippen LogP contribution in [0.3, 0.4) is 0 Å². The monoisotopic (exact) mass is 592 g/mol. The first kappa shape index (κ1) is 26.7. The van der Waals surface area contributed by atoms with Crippen LogP contribution in [0.25, 0.3) is 0 Å². The number of benzene rings is 2. The largest absolute Gasteiger partial charge is 0.489 e. The second-order valence-corrected chi connectivity index (χ2v) is 10.7. The van der Waals surface area contributed by atoms with Crippen molar-refractivity contribution in [1.82, 2.24) is 20.9 Å². The van der Waals surface area contributed by atoms with Crippen LogP contribution in [0.4, 0.5) is 0 Å². The van der Waals surface area contributed by atoms with Crippen molar-refractivity contribution in [1.29, 1.82) is 0 Å². The second-order valence-electron chi connectivity index (χ2n) is 9.82. The predicted octanol–water partition coefficient (Wildman–Crippen LogP) is 3.12. The van der Waals surface area contributed by atoms with Crippen molar-refractivity contribution in [3.63, 3.8) is 0 Å². The lowest BCUT2D eigenvalue weighted by molar-refractivity contribution is 0.139. The number of nitrogens with zero attached hydrogens (tertiary/aromatic N) is 1. The average Bonchev–Trinajstić information content (AvgIpc) is 3.49. The van der Waals surface area contributed by atoms with Gasteiger partial charge < -0.3 is 25.4 Å². The Balaban J connectivity index is 0.000000139. The van der Waals surface area contributed by atoms with Crippen molar-refractivity contribution in [3.8, 4) is 11.5 Å². The van der Waals surface area contributed by atoms with Gasteiger partial charge >= 0.3 is 0 Å². The molecule has 7 heteroatoms. The van der Waals surface area contributed by atoms with Crippen LogP contribution < -0.4 is 25.4 Å². The summed E-state index contributed by atoms with van der Waals surface area (Å²) in [4.78, 5) is 2.50. The van der Waals surface area contributed by atoms with Gasteiger partial charge in [0, 0.05) is 76.2 Å².